The summed E-state index contributed by atoms with van der Waals surface area (Å²) < 4.78 is 13.1. The molecule has 0 unspecified atom stereocenters. The molecule has 106 valence electrons. The van der Waals surface area contributed by atoms with Crippen molar-refractivity contribution in [3.05, 3.63) is 35.1 Å². The Labute approximate surface area is 114 Å². The van der Waals surface area contributed by atoms with Crippen LogP contribution in [-0.2, 0) is 11.3 Å². The zero-order valence-electron chi connectivity index (χ0n) is 11.5. The van der Waals surface area contributed by atoms with Crippen LogP contribution in [-0.4, -0.2) is 12.5 Å². The van der Waals surface area contributed by atoms with E-state index in [0.29, 0.717) is 18.5 Å². The lowest BCUT2D eigenvalue weighted by Crippen LogP contribution is -2.22. The molecule has 0 spiro atoms. The maximum Gasteiger partial charge on any atom is 0.220 e. The largest absolute Gasteiger partial charge is 0.352 e. The second kappa shape index (κ2) is 8.64. The smallest absolute Gasteiger partial charge is 0.220 e. The number of hydrogen-bond acceptors (Lipinski definition) is 2. The molecule has 0 fully saturated rings. The van der Waals surface area contributed by atoms with Gasteiger partial charge in [0.2, 0.25) is 5.91 Å². The van der Waals surface area contributed by atoms with Gasteiger partial charge in [-0.15, -0.1) is 0 Å². The summed E-state index contributed by atoms with van der Waals surface area (Å²) in [6.07, 6.45) is 4.59. The Morgan fingerprint density at radius 1 is 1.26 bits per heavy atom. The van der Waals surface area contributed by atoms with Gasteiger partial charge >= 0.3 is 0 Å². The molecular weight excluding hydrogens is 243 g/mol. The molecule has 0 saturated heterocycles. The van der Waals surface area contributed by atoms with Crippen LogP contribution in [0.15, 0.2) is 18.2 Å². The van der Waals surface area contributed by atoms with Crippen molar-refractivity contribution >= 4 is 5.91 Å². The SMILES string of the molecule is Cc1cc(CNC(=O)CCCCCCN)ccc1F. The molecule has 0 bridgehead atoms. The topological polar surface area (TPSA) is 55.1 Å². The van der Waals surface area contributed by atoms with Crippen LogP contribution in [0.5, 0.6) is 0 Å². The summed E-state index contributed by atoms with van der Waals surface area (Å²) in [5.74, 6) is -0.162. The fourth-order valence-electron chi connectivity index (χ4n) is 1.89. The molecule has 0 aliphatic rings. The van der Waals surface area contributed by atoms with Crippen molar-refractivity contribution in [2.45, 2.75) is 45.6 Å². The van der Waals surface area contributed by atoms with Crippen molar-refractivity contribution < 1.29 is 9.18 Å². The summed E-state index contributed by atoms with van der Waals surface area (Å²) in [5, 5.41) is 2.85. The van der Waals surface area contributed by atoms with Gasteiger partial charge in [-0.3, -0.25) is 4.79 Å². The predicted molar refractivity (Wildman–Crippen MR) is 75.1 cm³/mol. The van der Waals surface area contributed by atoms with E-state index in [9.17, 15) is 9.18 Å². The summed E-state index contributed by atoms with van der Waals surface area (Å²) in [5.41, 5.74) is 6.93. The Morgan fingerprint density at radius 3 is 2.68 bits per heavy atom. The highest BCUT2D eigenvalue weighted by atomic mass is 19.1. The van der Waals surface area contributed by atoms with Crippen molar-refractivity contribution in [3.8, 4) is 0 Å². The first-order valence-electron chi connectivity index (χ1n) is 6.85. The minimum Gasteiger partial charge on any atom is -0.352 e. The van der Waals surface area contributed by atoms with Gasteiger partial charge in [0.15, 0.2) is 0 Å². The Hall–Kier alpha value is -1.42. The number of carbonyl (C=O) groups excluding carboxylic acids is 1. The molecule has 1 rings (SSSR count). The zero-order chi connectivity index (χ0) is 14.1. The second-order valence-electron chi connectivity index (χ2n) is 4.81. The van der Waals surface area contributed by atoms with E-state index in [-0.39, 0.29) is 11.7 Å². The molecule has 0 aliphatic heterocycles. The Balaban J connectivity index is 2.20. The van der Waals surface area contributed by atoms with Crippen molar-refractivity contribution in [1.29, 1.82) is 0 Å². The van der Waals surface area contributed by atoms with Gasteiger partial charge in [-0.2, -0.15) is 0 Å². The van der Waals surface area contributed by atoms with Crippen LogP contribution in [0.3, 0.4) is 0 Å². The average Bonchev–Trinajstić information content (AvgIpc) is 2.40. The van der Waals surface area contributed by atoms with Gasteiger partial charge in [0.05, 0.1) is 0 Å². The number of aryl methyl sites for hydroxylation is 1. The fraction of sp³-hybridized carbons (Fsp3) is 0.533. The Morgan fingerprint density at radius 2 is 2.00 bits per heavy atom. The predicted octanol–water partition coefficient (Wildman–Crippen LogP) is 2.66. The molecule has 19 heavy (non-hydrogen) atoms. The van der Waals surface area contributed by atoms with Crippen molar-refractivity contribution in [2.24, 2.45) is 5.73 Å². The molecule has 4 heteroatoms. The van der Waals surface area contributed by atoms with Crippen LogP contribution < -0.4 is 11.1 Å². The van der Waals surface area contributed by atoms with E-state index in [1.807, 2.05) is 0 Å². The van der Waals surface area contributed by atoms with Crippen LogP contribution >= 0.6 is 0 Å². The maximum atomic E-state index is 13.1. The number of unbranched alkanes of at least 4 members (excludes halogenated alkanes) is 3. The van der Waals surface area contributed by atoms with E-state index in [1.54, 1.807) is 19.1 Å². The number of nitrogens with one attached hydrogen (secondary N) is 1. The van der Waals surface area contributed by atoms with E-state index in [4.69, 9.17) is 5.73 Å². The molecule has 0 aromatic heterocycles. The normalized spacial score (nSPS) is 10.5. The van der Waals surface area contributed by atoms with E-state index >= 15 is 0 Å². The number of nitrogens with two attached hydrogens (primary N) is 1. The summed E-state index contributed by atoms with van der Waals surface area (Å²) in [7, 11) is 0. The maximum absolute atomic E-state index is 13.1. The fourth-order valence-corrected chi connectivity index (χ4v) is 1.89. The van der Waals surface area contributed by atoms with Gasteiger partial charge in [-0.25, -0.2) is 4.39 Å². The molecule has 1 aromatic rings. The summed E-state index contributed by atoms with van der Waals surface area (Å²) in [6.45, 7) is 2.90. The lowest BCUT2D eigenvalue weighted by molar-refractivity contribution is -0.121. The lowest BCUT2D eigenvalue weighted by Gasteiger charge is -2.06. The van der Waals surface area contributed by atoms with Crippen molar-refractivity contribution in [2.75, 3.05) is 6.54 Å². The quantitative estimate of drug-likeness (QED) is 0.711. The molecule has 1 aromatic carbocycles. The van der Waals surface area contributed by atoms with Gasteiger partial charge < -0.3 is 11.1 Å². The molecule has 0 atom stereocenters. The molecular formula is C15H23FN2O. The standard InChI is InChI=1S/C15H23FN2O/c1-12-10-13(7-8-14(12)16)11-18-15(19)6-4-2-3-5-9-17/h7-8,10H,2-6,9,11,17H2,1H3,(H,18,19). The summed E-state index contributed by atoms with van der Waals surface area (Å²) in [6, 6.07) is 4.89. The van der Waals surface area contributed by atoms with Gasteiger partial charge in [0.25, 0.3) is 0 Å². The third-order valence-electron chi connectivity index (χ3n) is 3.07. The third kappa shape index (κ3) is 6.34. The molecule has 0 aliphatic carbocycles. The highest BCUT2D eigenvalue weighted by Crippen LogP contribution is 2.09. The average molecular weight is 266 g/mol. The highest BCUT2D eigenvalue weighted by Gasteiger charge is 2.03. The van der Waals surface area contributed by atoms with Crippen LogP contribution in [0.4, 0.5) is 4.39 Å². The third-order valence-corrected chi connectivity index (χ3v) is 3.07. The molecule has 3 N–H and O–H groups in total. The minimum atomic E-state index is -0.213. The number of rotatable bonds is 8. The molecule has 1 amide bonds. The Bertz CT molecular complexity index is 407. The van der Waals surface area contributed by atoms with Crippen LogP contribution in [0.2, 0.25) is 0 Å². The van der Waals surface area contributed by atoms with E-state index in [1.165, 1.54) is 6.07 Å². The number of amides is 1. The summed E-state index contributed by atoms with van der Waals surface area (Å²) in [4.78, 5) is 11.6. The van der Waals surface area contributed by atoms with E-state index < -0.39 is 0 Å². The minimum absolute atomic E-state index is 0.0507. The molecule has 0 heterocycles. The molecule has 0 radical (unpaired) electrons. The molecule has 3 nitrogen and oxygen atoms in total. The molecule has 0 saturated carbocycles. The van der Waals surface area contributed by atoms with Gasteiger partial charge in [-0.1, -0.05) is 25.0 Å². The van der Waals surface area contributed by atoms with Crippen LogP contribution in [0.1, 0.15) is 43.2 Å². The first kappa shape index (κ1) is 15.6. The summed E-state index contributed by atoms with van der Waals surface area (Å²) >= 11 is 0. The van der Waals surface area contributed by atoms with Gasteiger partial charge in [0, 0.05) is 13.0 Å². The van der Waals surface area contributed by atoms with Crippen molar-refractivity contribution in [1.82, 2.24) is 5.32 Å². The van der Waals surface area contributed by atoms with Gasteiger partial charge in [-0.05, 0) is 43.5 Å². The number of benzene rings is 1. The van der Waals surface area contributed by atoms with Gasteiger partial charge in [0.1, 0.15) is 5.82 Å². The zero-order valence-corrected chi connectivity index (χ0v) is 11.5. The first-order valence-corrected chi connectivity index (χ1v) is 6.85. The van der Waals surface area contributed by atoms with Crippen LogP contribution in [0, 0.1) is 12.7 Å². The van der Waals surface area contributed by atoms with E-state index in [0.717, 1.165) is 37.8 Å². The number of hydrogen-bond donors (Lipinski definition) is 2. The van der Waals surface area contributed by atoms with Crippen molar-refractivity contribution in [3.63, 3.8) is 0 Å². The Kier molecular flexibility index (Phi) is 7.11. The second-order valence-corrected chi connectivity index (χ2v) is 4.81. The number of halogens is 1. The first-order chi connectivity index (χ1) is 9.13. The number of carbonyl (C=O) groups is 1. The lowest BCUT2D eigenvalue weighted by atomic mass is 10.1. The van der Waals surface area contributed by atoms with E-state index in [2.05, 4.69) is 5.32 Å². The highest BCUT2D eigenvalue weighted by molar-refractivity contribution is 5.75. The monoisotopic (exact) mass is 266 g/mol. The van der Waals surface area contributed by atoms with Crippen LogP contribution in [0.25, 0.3) is 0 Å².